The fraction of sp³-hybridized carbons (Fsp3) is 1.00. The smallest absolute Gasteiger partial charge is 0.0195 e. The summed E-state index contributed by atoms with van der Waals surface area (Å²) in [6, 6.07) is 0.800. The van der Waals surface area contributed by atoms with E-state index in [4.69, 9.17) is 0 Å². The number of hydrogen-bond acceptors (Lipinski definition) is 2. The average molecular weight is 196 g/mol. The third-order valence-electron chi connectivity index (χ3n) is 3.59. The lowest BCUT2D eigenvalue weighted by Crippen LogP contribution is -2.39. The first-order valence-electron chi connectivity index (χ1n) is 6.41. The summed E-state index contributed by atoms with van der Waals surface area (Å²) in [5.74, 6) is 0. The minimum atomic E-state index is 0.800. The van der Waals surface area contributed by atoms with Crippen LogP contribution in [0.4, 0.5) is 0 Å². The maximum atomic E-state index is 3.60. The van der Waals surface area contributed by atoms with Crippen molar-refractivity contribution in [2.45, 2.75) is 51.0 Å². The van der Waals surface area contributed by atoms with E-state index in [0.717, 1.165) is 6.04 Å². The van der Waals surface area contributed by atoms with Crippen LogP contribution in [0.25, 0.3) is 0 Å². The molecule has 2 aliphatic heterocycles. The molecule has 1 unspecified atom stereocenters. The normalized spacial score (nSPS) is 31.3. The fourth-order valence-electron chi connectivity index (χ4n) is 2.72. The van der Waals surface area contributed by atoms with E-state index in [0.29, 0.717) is 0 Å². The van der Waals surface area contributed by atoms with Crippen molar-refractivity contribution in [3.8, 4) is 0 Å². The minimum Gasteiger partial charge on any atom is -0.313 e. The van der Waals surface area contributed by atoms with Crippen molar-refractivity contribution in [1.82, 2.24) is 10.2 Å². The van der Waals surface area contributed by atoms with Gasteiger partial charge in [-0.15, -0.1) is 0 Å². The van der Waals surface area contributed by atoms with Gasteiger partial charge in [0.1, 0.15) is 0 Å². The van der Waals surface area contributed by atoms with Gasteiger partial charge in [-0.2, -0.15) is 0 Å². The molecule has 1 atom stereocenters. The highest BCUT2D eigenvalue weighted by atomic mass is 15.1. The Morgan fingerprint density at radius 1 is 0.929 bits per heavy atom. The van der Waals surface area contributed by atoms with Gasteiger partial charge in [0.15, 0.2) is 0 Å². The van der Waals surface area contributed by atoms with Gasteiger partial charge in [-0.05, 0) is 45.3 Å². The molecule has 2 heterocycles. The number of likely N-dealkylation sites (tertiary alicyclic amines) is 1. The largest absolute Gasteiger partial charge is 0.313 e. The highest BCUT2D eigenvalue weighted by molar-refractivity contribution is 4.78. The summed E-state index contributed by atoms with van der Waals surface area (Å²) in [4.78, 5) is 2.68. The number of hydrogen-bond donors (Lipinski definition) is 1. The Morgan fingerprint density at radius 2 is 1.64 bits per heavy atom. The molecule has 0 aromatic rings. The first-order chi connectivity index (χ1) is 6.95. The molecule has 0 amide bonds. The average Bonchev–Trinajstić information content (AvgIpc) is 2.62. The van der Waals surface area contributed by atoms with E-state index in [2.05, 4.69) is 10.2 Å². The maximum absolute atomic E-state index is 3.60. The van der Waals surface area contributed by atoms with Crippen molar-refractivity contribution in [2.24, 2.45) is 0 Å². The second-order valence-electron chi connectivity index (χ2n) is 4.86. The Labute approximate surface area is 88.1 Å². The molecule has 2 heteroatoms. The molecular weight excluding hydrogens is 172 g/mol. The van der Waals surface area contributed by atoms with Crippen LogP contribution in [0, 0.1) is 0 Å². The lowest BCUT2D eigenvalue weighted by atomic mass is 10.1. The maximum Gasteiger partial charge on any atom is 0.0195 e. The SMILES string of the molecule is C1CCCN(CC2CCCN2)CCC1. The van der Waals surface area contributed by atoms with Gasteiger partial charge < -0.3 is 10.2 Å². The van der Waals surface area contributed by atoms with Gasteiger partial charge in [0.05, 0.1) is 0 Å². The topological polar surface area (TPSA) is 15.3 Å². The monoisotopic (exact) mass is 196 g/mol. The molecule has 82 valence electrons. The highest BCUT2D eigenvalue weighted by Crippen LogP contribution is 2.13. The van der Waals surface area contributed by atoms with Crippen molar-refractivity contribution in [2.75, 3.05) is 26.2 Å². The van der Waals surface area contributed by atoms with E-state index >= 15 is 0 Å². The molecule has 2 saturated heterocycles. The van der Waals surface area contributed by atoms with Gasteiger partial charge >= 0.3 is 0 Å². The van der Waals surface area contributed by atoms with E-state index in [1.807, 2.05) is 0 Å². The zero-order valence-corrected chi connectivity index (χ0v) is 9.30. The summed E-state index contributed by atoms with van der Waals surface area (Å²) in [7, 11) is 0. The predicted molar refractivity (Wildman–Crippen MR) is 60.5 cm³/mol. The fourth-order valence-corrected chi connectivity index (χ4v) is 2.72. The van der Waals surface area contributed by atoms with Crippen LogP contribution >= 0.6 is 0 Å². The molecule has 0 radical (unpaired) electrons. The van der Waals surface area contributed by atoms with Crippen molar-refractivity contribution in [3.05, 3.63) is 0 Å². The third-order valence-corrected chi connectivity index (χ3v) is 3.59. The van der Waals surface area contributed by atoms with E-state index < -0.39 is 0 Å². The number of rotatable bonds is 2. The molecule has 1 N–H and O–H groups in total. The van der Waals surface area contributed by atoms with Gasteiger partial charge in [-0.1, -0.05) is 19.3 Å². The second kappa shape index (κ2) is 5.72. The van der Waals surface area contributed by atoms with Crippen LogP contribution < -0.4 is 5.32 Å². The van der Waals surface area contributed by atoms with Crippen LogP contribution in [0.15, 0.2) is 0 Å². The number of nitrogens with one attached hydrogen (secondary N) is 1. The molecule has 0 aromatic carbocycles. The van der Waals surface area contributed by atoms with E-state index in [1.54, 1.807) is 0 Å². The van der Waals surface area contributed by atoms with Crippen molar-refractivity contribution in [3.63, 3.8) is 0 Å². The van der Waals surface area contributed by atoms with Gasteiger partial charge in [-0.3, -0.25) is 0 Å². The summed E-state index contributed by atoms with van der Waals surface area (Å²) in [5, 5.41) is 3.60. The molecule has 2 fully saturated rings. The first kappa shape index (κ1) is 10.4. The van der Waals surface area contributed by atoms with Crippen LogP contribution in [-0.4, -0.2) is 37.1 Å². The van der Waals surface area contributed by atoms with Gasteiger partial charge in [0.2, 0.25) is 0 Å². The summed E-state index contributed by atoms with van der Waals surface area (Å²) in [6.07, 6.45) is 10.0. The summed E-state index contributed by atoms with van der Waals surface area (Å²) >= 11 is 0. The Hall–Kier alpha value is -0.0800. The summed E-state index contributed by atoms with van der Waals surface area (Å²) in [5.41, 5.74) is 0. The Morgan fingerprint density at radius 3 is 2.29 bits per heavy atom. The van der Waals surface area contributed by atoms with Crippen LogP contribution in [0.5, 0.6) is 0 Å². The van der Waals surface area contributed by atoms with Crippen molar-refractivity contribution >= 4 is 0 Å². The lowest BCUT2D eigenvalue weighted by molar-refractivity contribution is 0.227. The zero-order valence-electron chi connectivity index (χ0n) is 9.30. The van der Waals surface area contributed by atoms with E-state index in [-0.39, 0.29) is 0 Å². The van der Waals surface area contributed by atoms with Crippen LogP contribution in [-0.2, 0) is 0 Å². The molecule has 0 aliphatic carbocycles. The van der Waals surface area contributed by atoms with Crippen LogP contribution in [0.2, 0.25) is 0 Å². The quantitative estimate of drug-likeness (QED) is 0.727. The third kappa shape index (κ3) is 3.25. The van der Waals surface area contributed by atoms with E-state index in [9.17, 15) is 0 Å². The summed E-state index contributed by atoms with van der Waals surface area (Å²) in [6.45, 7) is 5.24. The molecule has 0 bridgehead atoms. The summed E-state index contributed by atoms with van der Waals surface area (Å²) < 4.78 is 0. The van der Waals surface area contributed by atoms with Crippen molar-refractivity contribution in [1.29, 1.82) is 0 Å². The van der Waals surface area contributed by atoms with E-state index in [1.165, 1.54) is 71.1 Å². The van der Waals surface area contributed by atoms with Crippen molar-refractivity contribution < 1.29 is 0 Å². The standard InChI is InChI=1S/C12H24N2/c1-2-4-9-14(10-5-3-1)11-12-7-6-8-13-12/h12-13H,1-11H2. The molecule has 2 nitrogen and oxygen atoms in total. The predicted octanol–water partition coefficient (Wildman–Crippen LogP) is 2.00. The lowest BCUT2D eigenvalue weighted by Gasteiger charge is -2.27. The van der Waals surface area contributed by atoms with Crippen LogP contribution in [0.3, 0.4) is 0 Å². The first-order valence-corrected chi connectivity index (χ1v) is 6.41. The van der Waals surface area contributed by atoms with Crippen LogP contribution in [0.1, 0.15) is 44.9 Å². The Balaban J connectivity index is 1.70. The number of nitrogens with zero attached hydrogens (tertiary/aromatic N) is 1. The Bertz CT molecular complexity index is 144. The molecule has 14 heavy (non-hydrogen) atoms. The molecule has 0 spiro atoms. The van der Waals surface area contributed by atoms with Gasteiger partial charge in [-0.25, -0.2) is 0 Å². The molecule has 0 aromatic heterocycles. The minimum absolute atomic E-state index is 0.800. The highest BCUT2D eigenvalue weighted by Gasteiger charge is 2.17. The molecule has 0 saturated carbocycles. The molecular formula is C12H24N2. The Kier molecular flexibility index (Phi) is 4.26. The zero-order chi connectivity index (χ0) is 9.64. The molecule has 2 rings (SSSR count). The molecule has 2 aliphatic rings. The van der Waals surface area contributed by atoms with Gasteiger partial charge in [0, 0.05) is 12.6 Å². The second-order valence-corrected chi connectivity index (χ2v) is 4.86. The van der Waals surface area contributed by atoms with Gasteiger partial charge in [0.25, 0.3) is 0 Å².